The summed E-state index contributed by atoms with van der Waals surface area (Å²) in [6.45, 7) is 1.87. The molecule has 128 valence electrons. The number of rotatable bonds is 4. The fourth-order valence-corrected chi connectivity index (χ4v) is 2.77. The molecule has 7 nitrogen and oxygen atoms in total. The second kappa shape index (κ2) is 6.72. The molecule has 3 rings (SSSR count). The van der Waals surface area contributed by atoms with E-state index in [1.165, 1.54) is 11.5 Å². The van der Waals surface area contributed by atoms with Crippen molar-refractivity contribution >= 4 is 11.6 Å². The van der Waals surface area contributed by atoms with E-state index in [9.17, 15) is 14.7 Å². The maximum Gasteiger partial charge on any atom is 0.306 e. The largest absolute Gasteiger partial charge is 0.493 e. The maximum atomic E-state index is 12.9. The van der Waals surface area contributed by atoms with Gasteiger partial charge in [0.15, 0.2) is 0 Å². The maximum absolute atomic E-state index is 12.9. The molecule has 7 heteroatoms. The van der Waals surface area contributed by atoms with Gasteiger partial charge in [-0.2, -0.15) is 4.98 Å². The second-order valence-electron chi connectivity index (χ2n) is 5.71. The molecule has 0 radical (unpaired) electrons. The van der Waals surface area contributed by atoms with Gasteiger partial charge in [-0.05, 0) is 36.2 Å². The molecule has 0 saturated heterocycles. The van der Waals surface area contributed by atoms with Crippen molar-refractivity contribution in [2.75, 3.05) is 7.11 Å². The SMILES string of the molecule is COC(=O)CC(c1cccnc1)c1c(O)nc2cc(C)ccn2c1=O. The van der Waals surface area contributed by atoms with Crippen molar-refractivity contribution in [3.05, 3.63) is 69.9 Å². The number of aryl methyl sites for hydroxylation is 1. The summed E-state index contributed by atoms with van der Waals surface area (Å²) in [5.74, 6) is -1.60. The van der Waals surface area contributed by atoms with E-state index in [2.05, 4.69) is 9.97 Å². The standard InChI is InChI=1S/C18H17N3O4/c1-11-5-7-21-14(8-11)20-17(23)16(18(21)24)13(9-15(22)25-2)12-4-3-6-19-10-12/h3-8,10,13,23H,9H2,1-2H3. The third-order valence-electron chi connectivity index (χ3n) is 4.03. The molecule has 0 saturated carbocycles. The molecule has 1 atom stereocenters. The molecular weight excluding hydrogens is 322 g/mol. The van der Waals surface area contributed by atoms with Crippen LogP contribution in [0.4, 0.5) is 0 Å². The molecular formula is C18H17N3O4. The highest BCUT2D eigenvalue weighted by molar-refractivity contribution is 5.71. The predicted octanol–water partition coefficient (Wildman–Crippen LogP) is 1.80. The molecule has 0 bridgehead atoms. The van der Waals surface area contributed by atoms with Gasteiger partial charge in [0.05, 0.1) is 19.1 Å². The van der Waals surface area contributed by atoms with E-state index in [1.807, 2.05) is 6.92 Å². The van der Waals surface area contributed by atoms with Gasteiger partial charge in [-0.25, -0.2) is 0 Å². The van der Waals surface area contributed by atoms with Crippen LogP contribution in [0.15, 0.2) is 47.7 Å². The van der Waals surface area contributed by atoms with Crippen LogP contribution in [0.5, 0.6) is 5.88 Å². The van der Waals surface area contributed by atoms with Gasteiger partial charge in [0.25, 0.3) is 5.56 Å². The number of hydrogen-bond acceptors (Lipinski definition) is 6. The first kappa shape index (κ1) is 16.6. The molecule has 1 unspecified atom stereocenters. The van der Waals surface area contributed by atoms with E-state index >= 15 is 0 Å². The number of esters is 1. The molecule has 0 amide bonds. The Balaban J connectivity index is 2.23. The van der Waals surface area contributed by atoms with Gasteiger partial charge in [-0.1, -0.05) is 6.07 Å². The average Bonchev–Trinajstić information content (AvgIpc) is 2.61. The number of pyridine rings is 2. The first-order valence-corrected chi connectivity index (χ1v) is 7.70. The Kier molecular flexibility index (Phi) is 4.47. The van der Waals surface area contributed by atoms with Gasteiger partial charge in [-0.3, -0.25) is 19.0 Å². The van der Waals surface area contributed by atoms with Crippen LogP contribution in [0, 0.1) is 6.92 Å². The van der Waals surface area contributed by atoms with Crippen LogP contribution in [0.3, 0.4) is 0 Å². The quantitative estimate of drug-likeness (QED) is 0.729. The third kappa shape index (κ3) is 3.21. The Morgan fingerprint density at radius 3 is 2.88 bits per heavy atom. The minimum Gasteiger partial charge on any atom is -0.493 e. The summed E-state index contributed by atoms with van der Waals surface area (Å²) in [6, 6.07) is 6.91. The molecule has 3 heterocycles. The molecule has 25 heavy (non-hydrogen) atoms. The molecule has 3 aromatic rings. The van der Waals surface area contributed by atoms with Crippen LogP contribution in [0.25, 0.3) is 5.65 Å². The Bertz CT molecular complexity index is 983. The van der Waals surface area contributed by atoms with Crippen molar-refractivity contribution < 1.29 is 14.6 Å². The number of aromatic hydroxyl groups is 1. The van der Waals surface area contributed by atoms with E-state index in [0.29, 0.717) is 11.2 Å². The Morgan fingerprint density at radius 1 is 1.40 bits per heavy atom. The fourth-order valence-electron chi connectivity index (χ4n) is 2.77. The van der Waals surface area contributed by atoms with E-state index < -0.39 is 23.3 Å². The predicted molar refractivity (Wildman–Crippen MR) is 90.6 cm³/mol. The van der Waals surface area contributed by atoms with Crippen LogP contribution in [0.2, 0.25) is 0 Å². The normalized spacial score (nSPS) is 12.1. The number of fused-ring (bicyclic) bond motifs is 1. The van der Waals surface area contributed by atoms with Crippen LogP contribution < -0.4 is 5.56 Å². The number of carbonyl (C=O) groups excluding carboxylic acids is 1. The van der Waals surface area contributed by atoms with Crippen molar-refractivity contribution in [3.8, 4) is 5.88 Å². The molecule has 0 aliphatic carbocycles. The van der Waals surface area contributed by atoms with Crippen molar-refractivity contribution in [3.63, 3.8) is 0 Å². The summed E-state index contributed by atoms with van der Waals surface area (Å²) in [5.41, 5.74) is 1.49. The molecule has 0 spiro atoms. The summed E-state index contributed by atoms with van der Waals surface area (Å²) < 4.78 is 6.09. The van der Waals surface area contributed by atoms with E-state index in [-0.39, 0.29) is 12.0 Å². The highest BCUT2D eigenvalue weighted by atomic mass is 16.5. The van der Waals surface area contributed by atoms with E-state index in [0.717, 1.165) is 5.56 Å². The van der Waals surface area contributed by atoms with Crippen LogP contribution >= 0.6 is 0 Å². The first-order valence-electron chi connectivity index (χ1n) is 7.70. The number of nitrogens with zero attached hydrogens (tertiary/aromatic N) is 3. The van der Waals surface area contributed by atoms with Gasteiger partial charge < -0.3 is 9.84 Å². The van der Waals surface area contributed by atoms with Crippen molar-refractivity contribution in [1.82, 2.24) is 14.4 Å². The van der Waals surface area contributed by atoms with Gasteiger partial charge >= 0.3 is 5.97 Å². The number of carbonyl (C=O) groups is 1. The Hall–Kier alpha value is -3.22. The van der Waals surface area contributed by atoms with Gasteiger partial charge in [0.2, 0.25) is 5.88 Å². The lowest BCUT2D eigenvalue weighted by atomic mass is 9.90. The highest BCUT2D eigenvalue weighted by Crippen LogP contribution is 2.30. The summed E-state index contributed by atoms with van der Waals surface area (Å²) in [5, 5.41) is 10.4. The second-order valence-corrected chi connectivity index (χ2v) is 5.71. The lowest BCUT2D eigenvalue weighted by molar-refractivity contribution is -0.140. The van der Waals surface area contributed by atoms with Crippen molar-refractivity contribution in [1.29, 1.82) is 0 Å². The summed E-state index contributed by atoms with van der Waals surface area (Å²) in [4.78, 5) is 32.9. The number of hydrogen-bond donors (Lipinski definition) is 1. The van der Waals surface area contributed by atoms with Gasteiger partial charge in [0.1, 0.15) is 5.65 Å². The lowest BCUT2D eigenvalue weighted by Crippen LogP contribution is -2.24. The minimum atomic E-state index is -0.709. The molecule has 0 aliphatic heterocycles. The number of methoxy groups -OCH3 is 1. The van der Waals surface area contributed by atoms with Gasteiger partial charge in [0, 0.05) is 24.5 Å². The van der Waals surface area contributed by atoms with Crippen LogP contribution in [-0.2, 0) is 9.53 Å². The van der Waals surface area contributed by atoms with E-state index in [4.69, 9.17) is 4.74 Å². The summed E-state index contributed by atoms with van der Waals surface area (Å²) >= 11 is 0. The first-order chi connectivity index (χ1) is 12.0. The average molecular weight is 339 g/mol. The van der Waals surface area contributed by atoms with Crippen LogP contribution in [0.1, 0.15) is 29.0 Å². The molecule has 3 aromatic heterocycles. The zero-order valence-corrected chi connectivity index (χ0v) is 13.8. The highest BCUT2D eigenvalue weighted by Gasteiger charge is 2.27. The Morgan fingerprint density at radius 2 is 2.20 bits per heavy atom. The number of aromatic nitrogens is 3. The smallest absolute Gasteiger partial charge is 0.306 e. The third-order valence-corrected chi connectivity index (χ3v) is 4.03. The summed E-state index contributed by atoms with van der Waals surface area (Å²) in [7, 11) is 1.27. The van der Waals surface area contributed by atoms with Gasteiger partial charge in [-0.15, -0.1) is 0 Å². The fraction of sp³-hybridized carbons (Fsp3) is 0.222. The number of ether oxygens (including phenoxy) is 1. The van der Waals surface area contributed by atoms with Crippen molar-refractivity contribution in [2.24, 2.45) is 0 Å². The monoisotopic (exact) mass is 339 g/mol. The lowest BCUT2D eigenvalue weighted by Gasteiger charge is -2.17. The molecule has 1 N–H and O–H groups in total. The van der Waals surface area contributed by atoms with Crippen LogP contribution in [-0.4, -0.2) is 32.6 Å². The Labute approximate surface area is 143 Å². The molecule has 0 aliphatic rings. The summed E-state index contributed by atoms with van der Waals surface area (Å²) in [6.07, 6.45) is 4.63. The van der Waals surface area contributed by atoms with Crippen molar-refractivity contribution in [2.45, 2.75) is 19.3 Å². The topological polar surface area (TPSA) is 93.8 Å². The minimum absolute atomic E-state index is 0.0414. The molecule has 0 aromatic carbocycles. The molecule has 0 fully saturated rings. The zero-order valence-electron chi connectivity index (χ0n) is 13.8. The van der Waals surface area contributed by atoms with E-state index in [1.54, 1.807) is 42.9 Å². The zero-order chi connectivity index (χ0) is 18.0.